The summed E-state index contributed by atoms with van der Waals surface area (Å²) in [5.74, 6) is 0.337. The molecule has 4 nitrogen and oxygen atoms in total. The molecule has 0 aromatic heterocycles. The predicted molar refractivity (Wildman–Crippen MR) is 72.5 cm³/mol. The van der Waals surface area contributed by atoms with Gasteiger partial charge in [-0.15, -0.1) is 0 Å². The largest absolute Gasteiger partial charge is 0.504 e. The average Bonchev–Trinajstić information content (AvgIpc) is 2.46. The van der Waals surface area contributed by atoms with Gasteiger partial charge >= 0.3 is 0 Å². The molecule has 6 heteroatoms. The first kappa shape index (κ1) is 15.0. The number of halogens is 2. The molecule has 1 heterocycles. The maximum atomic E-state index is 12.9. The van der Waals surface area contributed by atoms with Gasteiger partial charge in [0.1, 0.15) is 0 Å². The van der Waals surface area contributed by atoms with Crippen molar-refractivity contribution in [1.29, 1.82) is 0 Å². The third-order valence-corrected chi connectivity index (χ3v) is 3.58. The number of phenolic OH excluding ortho intramolecular Hbond substituents is 1. The number of rotatable bonds is 5. The Labute approximate surface area is 117 Å². The number of phenols is 1. The lowest BCUT2D eigenvalue weighted by molar-refractivity contribution is 0.0738. The molecule has 0 saturated carbocycles. The fourth-order valence-electron chi connectivity index (χ4n) is 2.56. The van der Waals surface area contributed by atoms with Crippen LogP contribution in [0, 0.1) is 0 Å². The molecule has 1 aliphatic heterocycles. The highest BCUT2D eigenvalue weighted by atomic mass is 19.3. The third kappa shape index (κ3) is 3.58. The monoisotopic (exact) mass is 286 g/mol. The minimum absolute atomic E-state index is 0.0207. The van der Waals surface area contributed by atoms with Crippen molar-refractivity contribution in [3.05, 3.63) is 23.8 Å². The van der Waals surface area contributed by atoms with Gasteiger partial charge in [-0.3, -0.25) is 4.90 Å². The van der Waals surface area contributed by atoms with Crippen molar-refractivity contribution < 1.29 is 18.6 Å². The number of nitrogens with zero attached hydrogens (tertiary/aromatic N) is 1. The standard InChI is InChI=1S/C14H20F2N2O2/c1-20-13-8-10(2-3-12(13)19)11(9-14(15)16)18-6-4-17-5-7-18/h2-3,8,11,14,17,19H,4-7,9H2,1H3/t11-/m1/s1. The molecule has 0 bridgehead atoms. The first-order valence-corrected chi connectivity index (χ1v) is 6.71. The van der Waals surface area contributed by atoms with Gasteiger partial charge in [0.25, 0.3) is 0 Å². The molecule has 0 aliphatic carbocycles. The summed E-state index contributed by atoms with van der Waals surface area (Å²) in [5, 5.41) is 12.8. The van der Waals surface area contributed by atoms with Gasteiger partial charge in [0, 0.05) is 38.6 Å². The Bertz CT molecular complexity index is 437. The zero-order chi connectivity index (χ0) is 14.5. The number of aromatic hydroxyl groups is 1. The van der Waals surface area contributed by atoms with Crippen LogP contribution in [-0.2, 0) is 0 Å². The van der Waals surface area contributed by atoms with Crippen LogP contribution in [0.15, 0.2) is 18.2 Å². The Balaban J connectivity index is 2.24. The summed E-state index contributed by atoms with van der Waals surface area (Å²) < 4.78 is 30.8. The van der Waals surface area contributed by atoms with E-state index >= 15 is 0 Å². The fourth-order valence-corrected chi connectivity index (χ4v) is 2.56. The lowest BCUT2D eigenvalue weighted by Crippen LogP contribution is -2.45. The van der Waals surface area contributed by atoms with Crippen LogP contribution in [0.3, 0.4) is 0 Å². The van der Waals surface area contributed by atoms with Crippen LogP contribution in [0.25, 0.3) is 0 Å². The quantitative estimate of drug-likeness (QED) is 0.869. The van der Waals surface area contributed by atoms with Gasteiger partial charge in [-0.2, -0.15) is 0 Å². The molecule has 1 atom stereocenters. The number of piperazine rings is 1. The van der Waals surface area contributed by atoms with Crippen molar-refractivity contribution in [1.82, 2.24) is 10.2 Å². The minimum Gasteiger partial charge on any atom is -0.504 e. The molecule has 1 fully saturated rings. The molecular formula is C14H20F2N2O2. The van der Waals surface area contributed by atoms with E-state index in [2.05, 4.69) is 10.2 Å². The molecule has 2 N–H and O–H groups in total. The summed E-state index contributed by atoms with van der Waals surface area (Å²) in [5.41, 5.74) is 0.752. The van der Waals surface area contributed by atoms with Gasteiger partial charge in [-0.05, 0) is 17.7 Å². The van der Waals surface area contributed by atoms with E-state index in [-0.39, 0.29) is 18.2 Å². The molecule has 1 aromatic carbocycles. The van der Waals surface area contributed by atoms with E-state index in [1.807, 2.05) is 0 Å². The van der Waals surface area contributed by atoms with Gasteiger partial charge in [0.2, 0.25) is 6.43 Å². The molecule has 0 radical (unpaired) electrons. The first-order chi connectivity index (χ1) is 9.61. The predicted octanol–water partition coefficient (Wildman–Crippen LogP) is 2.00. The Kier molecular flexibility index (Phi) is 5.14. The van der Waals surface area contributed by atoms with Crippen LogP contribution in [0.4, 0.5) is 8.78 Å². The lowest BCUT2D eigenvalue weighted by Gasteiger charge is -2.35. The number of ether oxygens (including phenoxy) is 1. The van der Waals surface area contributed by atoms with E-state index in [9.17, 15) is 13.9 Å². The summed E-state index contributed by atoms with van der Waals surface area (Å²) in [6, 6.07) is 4.47. The minimum atomic E-state index is -2.37. The first-order valence-electron chi connectivity index (χ1n) is 6.71. The highest BCUT2D eigenvalue weighted by Crippen LogP contribution is 2.34. The van der Waals surface area contributed by atoms with Crippen LogP contribution >= 0.6 is 0 Å². The van der Waals surface area contributed by atoms with Crippen molar-refractivity contribution in [2.45, 2.75) is 18.9 Å². The van der Waals surface area contributed by atoms with Gasteiger partial charge in [0.05, 0.1) is 7.11 Å². The second-order valence-electron chi connectivity index (χ2n) is 4.86. The van der Waals surface area contributed by atoms with Crippen molar-refractivity contribution in [3.8, 4) is 11.5 Å². The third-order valence-electron chi connectivity index (χ3n) is 3.58. The fraction of sp³-hybridized carbons (Fsp3) is 0.571. The van der Waals surface area contributed by atoms with Crippen LogP contribution < -0.4 is 10.1 Å². The van der Waals surface area contributed by atoms with Crippen LogP contribution in [0.5, 0.6) is 11.5 Å². The number of nitrogens with one attached hydrogen (secondary N) is 1. The molecule has 1 aliphatic rings. The van der Waals surface area contributed by atoms with Gasteiger partial charge < -0.3 is 15.2 Å². The number of alkyl halides is 2. The maximum Gasteiger partial charge on any atom is 0.240 e. The maximum absolute atomic E-state index is 12.9. The Morgan fingerprint density at radius 1 is 1.35 bits per heavy atom. The second kappa shape index (κ2) is 6.85. The van der Waals surface area contributed by atoms with Crippen LogP contribution in [0.1, 0.15) is 18.0 Å². The summed E-state index contributed by atoms with van der Waals surface area (Å²) in [6.45, 7) is 3.07. The van der Waals surface area contributed by atoms with E-state index in [4.69, 9.17) is 4.74 Å². The molecule has 112 valence electrons. The molecule has 1 aromatic rings. The van der Waals surface area contributed by atoms with Gasteiger partial charge in [-0.25, -0.2) is 8.78 Å². The van der Waals surface area contributed by atoms with E-state index in [0.717, 1.165) is 31.7 Å². The number of hydrogen-bond acceptors (Lipinski definition) is 4. The average molecular weight is 286 g/mol. The van der Waals surface area contributed by atoms with Crippen LogP contribution in [-0.4, -0.2) is 49.7 Å². The number of benzene rings is 1. The molecule has 20 heavy (non-hydrogen) atoms. The van der Waals surface area contributed by atoms with Crippen LogP contribution in [0.2, 0.25) is 0 Å². The zero-order valence-electron chi connectivity index (χ0n) is 11.5. The topological polar surface area (TPSA) is 44.7 Å². The van der Waals surface area contributed by atoms with Crippen molar-refractivity contribution in [2.75, 3.05) is 33.3 Å². The molecule has 1 saturated heterocycles. The van der Waals surface area contributed by atoms with Gasteiger partial charge in [-0.1, -0.05) is 6.07 Å². The number of methoxy groups -OCH3 is 1. The summed E-state index contributed by atoms with van der Waals surface area (Å²) >= 11 is 0. The van der Waals surface area contributed by atoms with E-state index in [1.165, 1.54) is 13.2 Å². The molecular weight excluding hydrogens is 266 g/mol. The smallest absolute Gasteiger partial charge is 0.240 e. The normalized spacial score (nSPS) is 18.2. The van der Waals surface area contributed by atoms with Crippen molar-refractivity contribution >= 4 is 0 Å². The summed E-state index contributed by atoms with van der Waals surface area (Å²) in [4.78, 5) is 2.05. The molecule has 0 amide bonds. The SMILES string of the molecule is COc1cc([C@@H](CC(F)F)N2CCNCC2)ccc1O. The summed E-state index contributed by atoms with van der Waals surface area (Å²) in [6.07, 6.45) is -2.58. The number of hydrogen-bond donors (Lipinski definition) is 2. The molecule has 2 rings (SSSR count). The molecule has 0 spiro atoms. The van der Waals surface area contributed by atoms with E-state index in [1.54, 1.807) is 12.1 Å². The molecule has 0 unspecified atom stereocenters. The Hall–Kier alpha value is -1.40. The lowest BCUT2D eigenvalue weighted by atomic mass is 10.0. The van der Waals surface area contributed by atoms with Crippen molar-refractivity contribution in [2.24, 2.45) is 0 Å². The summed E-state index contributed by atoms with van der Waals surface area (Å²) in [7, 11) is 1.45. The Morgan fingerprint density at radius 2 is 2.05 bits per heavy atom. The highest BCUT2D eigenvalue weighted by molar-refractivity contribution is 5.42. The zero-order valence-corrected chi connectivity index (χ0v) is 11.5. The van der Waals surface area contributed by atoms with Crippen molar-refractivity contribution in [3.63, 3.8) is 0 Å². The highest BCUT2D eigenvalue weighted by Gasteiger charge is 2.26. The van der Waals surface area contributed by atoms with E-state index < -0.39 is 6.43 Å². The second-order valence-corrected chi connectivity index (χ2v) is 4.86. The Morgan fingerprint density at radius 3 is 2.65 bits per heavy atom. The van der Waals surface area contributed by atoms with Gasteiger partial charge in [0.15, 0.2) is 11.5 Å². The van der Waals surface area contributed by atoms with E-state index in [0.29, 0.717) is 5.75 Å².